The van der Waals surface area contributed by atoms with Crippen LogP contribution in [0.1, 0.15) is 23.2 Å². The summed E-state index contributed by atoms with van der Waals surface area (Å²) in [5.41, 5.74) is 0.654. The number of piperidine rings is 1. The van der Waals surface area contributed by atoms with E-state index in [1.54, 1.807) is 42.1 Å². The van der Waals surface area contributed by atoms with Crippen molar-refractivity contribution in [3.05, 3.63) is 60.2 Å². The van der Waals surface area contributed by atoms with Gasteiger partial charge in [0, 0.05) is 29.5 Å². The number of hydrogen-bond acceptors (Lipinski definition) is 4. The van der Waals surface area contributed by atoms with Crippen LogP contribution in [0.25, 0.3) is 0 Å². The van der Waals surface area contributed by atoms with Crippen LogP contribution in [0.4, 0.5) is 0 Å². The number of thioether (sulfide) groups is 1. The molecule has 1 heterocycles. The van der Waals surface area contributed by atoms with Crippen LogP contribution >= 0.6 is 11.8 Å². The second-order valence-corrected chi connectivity index (χ2v) is 8.93. The third-order valence-electron chi connectivity index (χ3n) is 4.51. The first-order valence-corrected chi connectivity index (χ1v) is 10.9. The van der Waals surface area contributed by atoms with E-state index in [0.717, 1.165) is 11.3 Å². The Morgan fingerprint density at radius 2 is 1.76 bits per heavy atom. The van der Waals surface area contributed by atoms with Crippen LogP contribution in [0.2, 0.25) is 0 Å². The van der Waals surface area contributed by atoms with Crippen molar-refractivity contribution in [1.29, 1.82) is 0 Å². The highest BCUT2D eigenvalue weighted by Crippen LogP contribution is 2.26. The molecule has 0 unspecified atom stereocenters. The Morgan fingerprint density at radius 1 is 1.08 bits per heavy atom. The summed E-state index contributed by atoms with van der Waals surface area (Å²) in [6, 6.07) is 15.9. The molecule has 0 aliphatic carbocycles. The van der Waals surface area contributed by atoms with Crippen LogP contribution in [0.5, 0.6) is 0 Å². The summed E-state index contributed by atoms with van der Waals surface area (Å²) in [4.78, 5) is 14.2. The average molecular weight is 376 g/mol. The van der Waals surface area contributed by atoms with Crippen LogP contribution in [0, 0.1) is 5.92 Å². The second-order valence-electron chi connectivity index (χ2n) is 6.11. The summed E-state index contributed by atoms with van der Waals surface area (Å²) < 4.78 is 27.0. The van der Waals surface area contributed by atoms with E-state index in [-0.39, 0.29) is 23.1 Å². The van der Waals surface area contributed by atoms with Crippen molar-refractivity contribution in [2.24, 2.45) is 5.92 Å². The number of benzene rings is 2. The molecule has 1 aliphatic rings. The summed E-state index contributed by atoms with van der Waals surface area (Å²) in [5.74, 6) is -0.256. The van der Waals surface area contributed by atoms with Gasteiger partial charge in [-0.15, -0.1) is 11.8 Å². The van der Waals surface area contributed by atoms with E-state index in [1.807, 2.05) is 30.5 Å². The maximum Gasteiger partial charge on any atom is 0.243 e. The number of carbonyl (C=O) groups is 1. The van der Waals surface area contributed by atoms with Gasteiger partial charge in [-0.05, 0) is 43.4 Å². The van der Waals surface area contributed by atoms with Gasteiger partial charge in [0.2, 0.25) is 10.0 Å². The minimum absolute atomic E-state index is 0.0283. The molecule has 0 amide bonds. The number of hydrogen-bond donors (Lipinski definition) is 0. The quantitative estimate of drug-likeness (QED) is 0.591. The van der Waals surface area contributed by atoms with Gasteiger partial charge in [0.15, 0.2) is 5.78 Å². The van der Waals surface area contributed by atoms with E-state index in [1.165, 1.54) is 4.31 Å². The molecule has 0 spiro atoms. The smallest absolute Gasteiger partial charge is 0.243 e. The first-order chi connectivity index (χ1) is 12.0. The van der Waals surface area contributed by atoms with Crippen molar-refractivity contribution in [2.45, 2.75) is 22.6 Å². The molecule has 6 heteroatoms. The highest BCUT2D eigenvalue weighted by atomic mass is 32.2. The van der Waals surface area contributed by atoms with Gasteiger partial charge in [0.1, 0.15) is 0 Å². The van der Waals surface area contributed by atoms with Gasteiger partial charge in [0.25, 0.3) is 0 Å². The number of Topliss-reactive ketones (excluding diaryl/α,β-unsaturated/α-hetero) is 1. The lowest BCUT2D eigenvalue weighted by Gasteiger charge is -2.31. The summed E-state index contributed by atoms with van der Waals surface area (Å²) in [6.45, 7) is 0.715. The van der Waals surface area contributed by atoms with Gasteiger partial charge < -0.3 is 0 Å². The van der Waals surface area contributed by atoms with Crippen molar-refractivity contribution in [3.63, 3.8) is 0 Å². The zero-order valence-corrected chi connectivity index (χ0v) is 15.7. The van der Waals surface area contributed by atoms with Gasteiger partial charge in [-0.2, -0.15) is 4.31 Å². The van der Waals surface area contributed by atoms with Gasteiger partial charge in [-0.1, -0.05) is 30.3 Å². The average Bonchev–Trinajstić information content (AvgIpc) is 2.68. The van der Waals surface area contributed by atoms with Crippen molar-refractivity contribution in [2.75, 3.05) is 19.3 Å². The Hall–Kier alpha value is -1.63. The van der Waals surface area contributed by atoms with E-state index < -0.39 is 10.0 Å². The van der Waals surface area contributed by atoms with Crippen molar-refractivity contribution in [1.82, 2.24) is 4.31 Å². The normalized spacial score (nSPS) is 18.8. The Morgan fingerprint density at radius 3 is 2.40 bits per heavy atom. The minimum atomic E-state index is -3.54. The Bertz CT molecular complexity index is 833. The molecule has 0 aromatic heterocycles. The van der Waals surface area contributed by atoms with Crippen molar-refractivity contribution in [3.8, 4) is 0 Å². The van der Waals surface area contributed by atoms with Crippen LogP contribution in [0.3, 0.4) is 0 Å². The van der Waals surface area contributed by atoms with Gasteiger partial charge in [-0.25, -0.2) is 8.42 Å². The highest BCUT2D eigenvalue weighted by Gasteiger charge is 2.33. The Labute approximate surface area is 153 Å². The van der Waals surface area contributed by atoms with E-state index in [0.29, 0.717) is 18.5 Å². The third-order valence-corrected chi connectivity index (χ3v) is 7.13. The lowest BCUT2D eigenvalue weighted by atomic mass is 9.91. The Balaban J connectivity index is 1.77. The molecule has 0 radical (unpaired) electrons. The van der Waals surface area contributed by atoms with E-state index >= 15 is 0 Å². The van der Waals surface area contributed by atoms with Crippen LogP contribution < -0.4 is 0 Å². The molecular weight excluding hydrogens is 354 g/mol. The second kappa shape index (κ2) is 7.72. The van der Waals surface area contributed by atoms with Gasteiger partial charge in [0.05, 0.1) is 4.90 Å². The highest BCUT2D eigenvalue weighted by molar-refractivity contribution is 7.98. The molecule has 4 nitrogen and oxygen atoms in total. The molecule has 2 aromatic carbocycles. The van der Waals surface area contributed by atoms with E-state index in [2.05, 4.69) is 0 Å². The zero-order chi connectivity index (χ0) is 17.9. The van der Waals surface area contributed by atoms with Crippen molar-refractivity contribution >= 4 is 27.6 Å². The first-order valence-electron chi connectivity index (χ1n) is 8.26. The lowest BCUT2D eigenvalue weighted by Crippen LogP contribution is -2.42. The predicted molar refractivity (Wildman–Crippen MR) is 100 cm³/mol. The van der Waals surface area contributed by atoms with Crippen LogP contribution in [-0.4, -0.2) is 37.9 Å². The molecular formula is C19H21NO3S2. The number of carbonyl (C=O) groups excluding carboxylic acids is 1. The van der Waals surface area contributed by atoms with Crippen LogP contribution in [0.15, 0.2) is 64.4 Å². The number of nitrogens with zero attached hydrogens (tertiary/aromatic N) is 1. The molecule has 1 saturated heterocycles. The molecule has 1 fully saturated rings. The fourth-order valence-corrected chi connectivity index (χ4v) is 5.06. The third kappa shape index (κ3) is 3.97. The summed E-state index contributed by atoms with van der Waals surface area (Å²) in [5, 5.41) is 0. The maximum absolute atomic E-state index is 12.8. The Kier molecular flexibility index (Phi) is 5.61. The standard InChI is InChI=1S/C19H21NO3S2/c1-24-17-11-9-15(10-12-17)19(21)16-6-5-13-20(14-16)25(22,23)18-7-3-2-4-8-18/h2-4,7-12,16H,5-6,13-14H2,1H3/t16-/m1/s1. The fraction of sp³-hybridized carbons (Fsp3) is 0.316. The summed E-state index contributed by atoms with van der Waals surface area (Å²) in [7, 11) is -3.54. The SMILES string of the molecule is CSc1ccc(C(=O)[C@@H]2CCCN(S(=O)(=O)c3ccccc3)C2)cc1. The fourth-order valence-electron chi connectivity index (χ4n) is 3.11. The van der Waals surface area contributed by atoms with E-state index in [4.69, 9.17) is 0 Å². The number of ketones is 1. The molecule has 0 bridgehead atoms. The van der Waals surface area contributed by atoms with Crippen molar-refractivity contribution < 1.29 is 13.2 Å². The molecule has 3 rings (SSSR count). The first kappa shape index (κ1) is 18.2. The number of rotatable bonds is 5. The zero-order valence-electron chi connectivity index (χ0n) is 14.1. The molecule has 1 atom stereocenters. The van der Waals surface area contributed by atoms with Gasteiger partial charge >= 0.3 is 0 Å². The monoisotopic (exact) mass is 375 g/mol. The van der Waals surface area contributed by atoms with E-state index in [9.17, 15) is 13.2 Å². The molecule has 1 aliphatic heterocycles. The topological polar surface area (TPSA) is 54.5 Å². The summed E-state index contributed by atoms with van der Waals surface area (Å²) in [6.07, 6.45) is 3.42. The van der Waals surface area contributed by atoms with Gasteiger partial charge in [-0.3, -0.25) is 4.79 Å². The predicted octanol–water partition coefficient (Wildman–Crippen LogP) is 3.69. The molecule has 0 N–H and O–H groups in total. The lowest BCUT2D eigenvalue weighted by molar-refractivity contribution is 0.0872. The molecule has 0 saturated carbocycles. The van der Waals surface area contributed by atoms with Crippen LogP contribution in [-0.2, 0) is 10.0 Å². The minimum Gasteiger partial charge on any atom is -0.294 e. The largest absolute Gasteiger partial charge is 0.294 e. The molecule has 25 heavy (non-hydrogen) atoms. The number of sulfonamides is 1. The summed E-state index contributed by atoms with van der Waals surface area (Å²) >= 11 is 1.63. The maximum atomic E-state index is 12.8. The molecule has 2 aromatic rings. The molecule has 132 valence electrons.